The summed E-state index contributed by atoms with van der Waals surface area (Å²) in [7, 11) is 0. The van der Waals surface area contributed by atoms with Crippen molar-refractivity contribution in [2.75, 3.05) is 31.1 Å². The molecule has 0 aromatic carbocycles. The highest BCUT2D eigenvalue weighted by Crippen LogP contribution is 2.36. The summed E-state index contributed by atoms with van der Waals surface area (Å²) in [4.78, 5) is 2.39. The molecule has 1 aliphatic carbocycles. The first-order valence-corrected chi connectivity index (χ1v) is 5.79. The zero-order valence-electron chi connectivity index (χ0n) is 9.49. The number of fused-ring (bicyclic) bond motifs is 1. The van der Waals surface area contributed by atoms with Crippen molar-refractivity contribution in [3.05, 3.63) is 30.0 Å². The van der Waals surface area contributed by atoms with Crippen LogP contribution >= 0.6 is 0 Å². The lowest BCUT2D eigenvalue weighted by molar-refractivity contribution is 0.552. The van der Waals surface area contributed by atoms with Crippen LogP contribution in [0, 0.1) is 6.92 Å². The Morgan fingerprint density at radius 2 is 2.00 bits per heavy atom. The normalized spacial score (nSPS) is 16.9. The van der Waals surface area contributed by atoms with Gasteiger partial charge in [-0.15, -0.1) is 0 Å². The highest BCUT2D eigenvalue weighted by Gasteiger charge is 2.20. The number of aryl methyl sites for hydroxylation is 1. The number of nitrogens with zero attached hydrogens (tertiary/aromatic N) is 1. The molecule has 3 rings (SSSR count). The molecule has 0 bridgehead atoms. The summed E-state index contributed by atoms with van der Waals surface area (Å²) in [5.41, 5.74) is 3.75. The number of anilines is 1. The van der Waals surface area contributed by atoms with Crippen molar-refractivity contribution >= 4 is 5.69 Å². The molecule has 1 N–H and O–H groups in total. The molecule has 16 heavy (non-hydrogen) atoms. The van der Waals surface area contributed by atoms with Crippen molar-refractivity contribution in [1.29, 1.82) is 0 Å². The summed E-state index contributed by atoms with van der Waals surface area (Å²) in [5.74, 6) is 1.03. The molecule has 1 fully saturated rings. The molecule has 84 valence electrons. The molecule has 0 aromatic rings. The molecule has 1 saturated heterocycles. The average Bonchev–Trinajstić information content (AvgIpc) is 2.75. The van der Waals surface area contributed by atoms with E-state index in [1.807, 2.05) is 6.07 Å². The Kier molecular flexibility index (Phi) is 2.33. The van der Waals surface area contributed by atoms with Crippen LogP contribution in [0.1, 0.15) is 5.56 Å². The summed E-state index contributed by atoms with van der Waals surface area (Å²) < 4.78 is 5.65. The van der Waals surface area contributed by atoms with E-state index in [-0.39, 0.29) is 0 Å². The number of rotatable bonds is 1. The van der Waals surface area contributed by atoms with E-state index in [1.165, 1.54) is 16.8 Å². The van der Waals surface area contributed by atoms with E-state index in [2.05, 4.69) is 29.3 Å². The highest BCUT2D eigenvalue weighted by molar-refractivity contribution is 5.79. The molecule has 0 saturated carbocycles. The van der Waals surface area contributed by atoms with Gasteiger partial charge in [0.15, 0.2) is 5.76 Å². The average molecular weight is 216 g/mol. The Labute approximate surface area is 95.4 Å². The zero-order chi connectivity index (χ0) is 11.0. The second kappa shape index (κ2) is 3.83. The molecular weight excluding hydrogens is 200 g/mol. The van der Waals surface area contributed by atoms with Crippen LogP contribution in [0.25, 0.3) is 11.3 Å². The number of hydrogen-bond acceptors (Lipinski definition) is 3. The molecule has 3 heteroatoms. The molecule has 0 amide bonds. The van der Waals surface area contributed by atoms with Gasteiger partial charge < -0.3 is 14.6 Å². The van der Waals surface area contributed by atoms with E-state index >= 15 is 0 Å². The quantitative estimate of drug-likeness (QED) is 0.791. The smallest absolute Gasteiger partial charge is 0.157 e. The number of piperazine rings is 1. The van der Waals surface area contributed by atoms with Crippen LogP contribution < -0.4 is 10.2 Å². The summed E-state index contributed by atoms with van der Waals surface area (Å²) >= 11 is 0. The van der Waals surface area contributed by atoms with Crippen LogP contribution in [0.2, 0.25) is 0 Å². The van der Waals surface area contributed by atoms with E-state index in [1.54, 1.807) is 6.26 Å². The van der Waals surface area contributed by atoms with Crippen LogP contribution in [0.15, 0.2) is 28.9 Å². The minimum absolute atomic E-state index is 1.03. The Morgan fingerprint density at radius 1 is 1.19 bits per heavy atom. The van der Waals surface area contributed by atoms with Crippen molar-refractivity contribution < 1.29 is 4.42 Å². The molecule has 0 atom stereocenters. The van der Waals surface area contributed by atoms with Gasteiger partial charge in [-0.05, 0) is 30.7 Å². The highest BCUT2D eigenvalue weighted by atomic mass is 16.3. The van der Waals surface area contributed by atoms with Gasteiger partial charge in [-0.1, -0.05) is 0 Å². The SMILES string of the molecule is Cc1ccoc2c(N3CCNCC3)ccc1-2. The monoisotopic (exact) mass is 216 g/mol. The molecule has 2 heterocycles. The largest absolute Gasteiger partial charge is 0.462 e. The van der Waals surface area contributed by atoms with Gasteiger partial charge in [0.1, 0.15) is 0 Å². The third-order valence-electron chi connectivity index (χ3n) is 3.27. The topological polar surface area (TPSA) is 28.4 Å². The first-order valence-electron chi connectivity index (χ1n) is 5.79. The lowest BCUT2D eigenvalue weighted by Gasteiger charge is -2.29. The maximum atomic E-state index is 5.65. The standard InChI is InChI=1S/C13H16N2O/c1-10-4-9-16-13-11(10)2-3-12(13)15-7-5-14-6-8-15/h2-4,9,14H,5-8H2,1H3. The van der Waals surface area contributed by atoms with E-state index < -0.39 is 0 Å². The van der Waals surface area contributed by atoms with Gasteiger partial charge >= 0.3 is 0 Å². The van der Waals surface area contributed by atoms with Crippen molar-refractivity contribution in [2.24, 2.45) is 0 Å². The Balaban J connectivity index is 2.00. The van der Waals surface area contributed by atoms with E-state index in [0.717, 1.165) is 31.9 Å². The number of hydrogen-bond donors (Lipinski definition) is 1. The second-order valence-electron chi connectivity index (χ2n) is 4.30. The predicted molar refractivity (Wildman–Crippen MR) is 65.1 cm³/mol. The molecule has 0 unspecified atom stereocenters. The summed E-state index contributed by atoms with van der Waals surface area (Å²) in [6, 6.07) is 6.35. The van der Waals surface area contributed by atoms with E-state index in [4.69, 9.17) is 4.42 Å². The summed E-state index contributed by atoms with van der Waals surface area (Å²) in [5, 5.41) is 3.36. The third-order valence-corrected chi connectivity index (χ3v) is 3.27. The van der Waals surface area contributed by atoms with Gasteiger partial charge in [-0.2, -0.15) is 0 Å². The lowest BCUT2D eigenvalue weighted by Crippen LogP contribution is -2.43. The molecule has 0 radical (unpaired) electrons. The molecule has 0 spiro atoms. The van der Waals surface area contributed by atoms with Crippen molar-refractivity contribution in [1.82, 2.24) is 5.32 Å². The van der Waals surface area contributed by atoms with Crippen molar-refractivity contribution in [3.63, 3.8) is 0 Å². The Hall–Kier alpha value is -1.48. The van der Waals surface area contributed by atoms with Gasteiger partial charge in [-0.25, -0.2) is 0 Å². The minimum Gasteiger partial charge on any atom is -0.462 e. The molecule has 3 nitrogen and oxygen atoms in total. The van der Waals surface area contributed by atoms with E-state index in [0.29, 0.717) is 0 Å². The summed E-state index contributed by atoms with van der Waals surface area (Å²) in [6.45, 7) is 6.35. The first-order chi connectivity index (χ1) is 7.86. The molecule has 2 aliphatic heterocycles. The van der Waals surface area contributed by atoms with Crippen LogP contribution in [0.5, 0.6) is 0 Å². The fourth-order valence-electron chi connectivity index (χ4n) is 2.33. The van der Waals surface area contributed by atoms with Gasteiger partial charge in [0.2, 0.25) is 0 Å². The minimum atomic E-state index is 1.03. The fraction of sp³-hybridized carbons (Fsp3) is 0.385. The predicted octanol–water partition coefficient (Wildman–Crippen LogP) is 2.10. The first kappa shape index (κ1) is 9.73. The molecule has 0 aromatic heterocycles. The van der Waals surface area contributed by atoms with Crippen molar-refractivity contribution in [3.8, 4) is 11.3 Å². The maximum absolute atomic E-state index is 5.65. The van der Waals surface area contributed by atoms with E-state index in [9.17, 15) is 0 Å². The maximum Gasteiger partial charge on any atom is 0.157 e. The number of nitrogens with one attached hydrogen (secondary N) is 1. The van der Waals surface area contributed by atoms with Crippen molar-refractivity contribution in [2.45, 2.75) is 6.92 Å². The lowest BCUT2D eigenvalue weighted by atomic mass is 10.1. The van der Waals surface area contributed by atoms with Gasteiger partial charge in [0.05, 0.1) is 12.0 Å². The van der Waals surface area contributed by atoms with Crippen LogP contribution in [0.3, 0.4) is 0 Å². The Morgan fingerprint density at radius 3 is 2.81 bits per heavy atom. The van der Waals surface area contributed by atoms with Gasteiger partial charge in [0, 0.05) is 31.7 Å². The molecule has 3 aliphatic rings. The Bertz CT molecular complexity index is 457. The van der Waals surface area contributed by atoms with Gasteiger partial charge in [-0.3, -0.25) is 0 Å². The summed E-state index contributed by atoms with van der Waals surface area (Å²) in [6.07, 6.45) is 1.78. The third kappa shape index (κ3) is 1.48. The fourth-order valence-corrected chi connectivity index (χ4v) is 2.33. The van der Waals surface area contributed by atoms with Gasteiger partial charge in [0.25, 0.3) is 0 Å². The molecular formula is C13H16N2O. The second-order valence-corrected chi connectivity index (χ2v) is 4.30. The van der Waals surface area contributed by atoms with Crippen LogP contribution in [0.4, 0.5) is 5.69 Å². The van der Waals surface area contributed by atoms with Crippen LogP contribution in [-0.2, 0) is 0 Å². The van der Waals surface area contributed by atoms with Crippen LogP contribution in [-0.4, -0.2) is 26.2 Å². The zero-order valence-corrected chi connectivity index (χ0v) is 9.49.